The molecule has 0 spiro atoms. The SMILES string of the molecule is C[C@H]1CCCN(c2cc(N3CCC[C@H](C)C3)nc(NC(=S)NCC3(c4ccc(Cl)cc4)CCCC3)n2)C1. The van der Waals surface area contributed by atoms with Crippen molar-refractivity contribution in [3.63, 3.8) is 0 Å². The Hall–Kier alpha value is -2.12. The molecular weight excluding hydrogens is 500 g/mol. The molecule has 1 aromatic carbocycles. The topological polar surface area (TPSA) is 56.3 Å². The zero-order valence-corrected chi connectivity index (χ0v) is 23.9. The van der Waals surface area contributed by atoms with E-state index in [4.69, 9.17) is 33.8 Å². The molecule has 0 unspecified atom stereocenters. The van der Waals surface area contributed by atoms with Gasteiger partial charge in [-0.2, -0.15) is 9.97 Å². The van der Waals surface area contributed by atoms with Crippen molar-refractivity contribution in [1.82, 2.24) is 15.3 Å². The lowest BCUT2D eigenvalue weighted by molar-refractivity contribution is 0.435. The lowest BCUT2D eigenvalue weighted by Gasteiger charge is -2.35. The molecule has 1 aromatic heterocycles. The Morgan fingerprint density at radius 2 is 1.51 bits per heavy atom. The fourth-order valence-corrected chi connectivity index (χ4v) is 6.70. The summed E-state index contributed by atoms with van der Waals surface area (Å²) in [5, 5.41) is 8.23. The lowest BCUT2D eigenvalue weighted by atomic mass is 9.79. The van der Waals surface area contributed by atoms with Crippen LogP contribution in [0.15, 0.2) is 30.3 Å². The second kappa shape index (κ2) is 11.7. The van der Waals surface area contributed by atoms with Crippen LogP contribution in [0, 0.1) is 11.8 Å². The van der Waals surface area contributed by atoms with Gasteiger partial charge in [0, 0.05) is 49.2 Å². The van der Waals surface area contributed by atoms with E-state index in [-0.39, 0.29) is 5.41 Å². The van der Waals surface area contributed by atoms with Crippen LogP contribution >= 0.6 is 23.8 Å². The molecular formula is C29H41ClN6S. The Labute approximate surface area is 232 Å². The molecule has 0 radical (unpaired) electrons. The standard InChI is InChI=1S/C29H41ClN6S/c1-21-7-5-15-35(18-21)25-17-26(36-16-6-8-22(2)19-36)33-27(32-25)34-28(37)31-20-29(13-3-4-14-29)23-9-11-24(30)12-10-23/h9-12,17,21-22H,3-8,13-16,18-20H2,1-2H3,(H2,31,32,33,34,37)/t21-,22-/m0/s1. The Bertz CT molecular complexity index is 1030. The number of rotatable bonds is 6. The van der Waals surface area contributed by atoms with Gasteiger partial charge in [0.25, 0.3) is 0 Å². The molecule has 8 heteroatoms. The van der Waals surface area contributed by atoms with Gasteiger partial charge in [-0.05, 0) is 80.3 Å². The van der Waals surface area contributed by atoms with E-state index >= 15 is 0 Å². The molecule has 2 aliphatic heterocycles. The molecule has 3 heterocycles. The Balaban J connectivity index is 1.32. The molecule has 2 saturated heterocycles. The molecule has 200 valence electrons. The number of benzene rings is 1. The third-order valence-corrected chi connectivity index (χ3v) is 8.99. The Morgan fingerprint density at radius 3 is 2.05 bits per heavy atom. The van der Waals surface area contributed by atoms with Crippen LogP contribution in [0.1, 0.15) is 70.8 Å². The van der Waals surface area contributed by atoms with Gasteiger partial charge in [-0.25, -0.2) is 0 Å². The summed E-state index contributed by atoms with van der Waals surface area (Å²) in [5.41, 5.74) is 1.42. The van der Waals surface area contributed by atoms with Crippen molar-refractivity contribution < 1.29 is 0 Å². The molecule has 2 N–H and O–H groups in total. The fraction of sp³-hybridized carbons (Fsp3) is 0.621. The van der Waals surface area contributed by atoms with Crippen molar-refractivity contribution >= 4 is 46.5 Å². The summed E-state index contributed by atoms with van der Waals surface area (Å²) >= 11 is 11.9. The highest BCUT2D eigenvalue weighted by molar-refractivity contribution is 7.80. The van der Waals surface area contributed by atoms with Gasteiger partial charge < -0.3 is 20.4 Å². The van der Waals surface area contributed by atoms with Gasteiger partial charge in [0.2, 0.25) is 5.95 Å². The number of piperidine rings is 2. The van der Waals surface area contributed by atoms with E-state index in [1.807, 2.05) is 12.1 Å². The molecule has 3 fully saturated rings. The number of aromatic nitrogens is 2. The summed E-state index contributed by atoms with van der Waals surface area (Å²) in [6.45, 7) is 9.63. The highest BCUT2D eigenvalue weighted by Crippen LogP contribution is 2.41. The zero-order chi connectivity index (χ0) is 25.8. The van der Waals surface area contributed by atoms with Crippen LogP contribution in [0.5, 0.6) is 0 Å². The predicted molar refractivity (Wildman–Crippen MR) is 159 cm³/mol. The number of halogens is 1. The smallest absolute Gasteiger partial charge is 0.232 e. The molecule has 37 heavy (non-hydrogen) atoms. The molecule has 1 aliphatic carbocycles. The van der Waals surface area contributed by atoms with Gasteiger partial charge >= 0.3 is 0 Å². The van der Waals surface area contributed by atoms with Gasteiger partial charge in [-0.15, -0.1) is 0 Å². The first kappa shape index (κ1) is 26.5. The zero-order valence-electron chi connectivity index (χ0n) is 22.3. The summed E-state index contributed by atoms with van der Waals surface area (Å²) in [6, 6.07) is 10.5. The number of hydrogen-bond donors (Lipinski definition) is 2. The number of hydrogen-bond acceptors (Lipinski definition) is 5. The molecule has 0 bridgehead atoms. The van der Waals surface area contributed by atoms with Gasteiger partial charge in [0.1, 0.15) is 11.6 Å². The summed E-state index contributed by atoms with van der Waals surface area (Å²) in [5.74, 6) is 3.96. The average molecular weight is 541 g/mol. The first-order valence-corrected chi connectivity index (χ1v) is 14.9. The van der Waals surface area contributed by atoms with Crippen LogP contribution in [-0.4, -0.2) is 47.8 Å². The summed E-state index contributed by atoms with van der Waals surface area (Å²) in [4.78, 5) is 14.7. The minimum Gasteiger partial charge on any atom is -0.361 e. The quantitative estimate of drug-likeness (QED) is 0.411. The first-order chi connectivity index (χ1) is 17.9. The average Bonchev–Trinajstić information content (AvgIpc) is 3.38. The van der Waals surface area contributed by atoms with Crippen molar-refractivity contribution in [3.05, 3.63) is 40.9 Å². The molecule has 1 saturated carbocycles. The maximum absolute atomic E-state index is 6.17. The van der Waals surface area contributed by atoms with E-state index in [0.717, 1.165) is 62.2 Å². The van der Waals surface area contributed by atoms with Crippen LogP contribution in [0.3, 0.4) is 0 Å². The predicted octanol–water partition coefficient (Wildman–Crippen LogP) is 6.40. The maximum atomic E-state index is 6.17. The van der Waals surface area contributed by atoms with Crippen LogP contribution in [0.25, 0.3) is 0 Å². The normalized spacial score (nSPS) is 23.6. The first-order valence-electron chi connectivity index (χ1n) is 14.1. The Morgan fingerprint density at radius 1 is 0.946 bits per heavy atom. The van der Waals surface area contributed by atoms with Crippen molar-refractivity contribution in [2.75, 3.05) is 47.8 Å². The van der Waals surface area contributed by atoms with Crippen molar-refractivity contribution in [2.24, 2.45) is 11.8 Å². The number of thiocarbonyl (C=S) groups is 1. The van der Waals surface area contributed by atoms with E-state index in [9.17, 15) is 0 Å². The van der Waals surface area contributed by atoms with E-state index in [0.29, 0.717) is 22.9 Å². The van der Waals surface area contributed by atoms with Gasteiger partial charge in [0.05, 0.1) is 0 Å². The second-order valence-corrected chi connectivity index (χ2v) is 12.4. The minimum absolute atomic E-state index is 0.0814. The monoisotopic (exact) mass is 540 g/mol. The highest BCUT2D eigenvalue weighted by atomic mass is 35.5. The molecule has 6 nitrogen and oxygen atoms in total. The number of anilines is 3. The van der Waals surface area contributed by atoms with Crippen LogP contribution in [0.4, 0.5) is 17.6 Å². The maximum Gasteiger partial charge on any atom is 0.232 e. The molecule has 2 aromatic rings. The molecule has 2 atom stereocenters. The summed E-state index contributed by atoms with van der Waals surface area (Å²) < 4.78 is 0. The minimum atomic E-state index is 0.0814. The Kier molecular flexibility index (Phi) is 8.40. The van der Waals surface area contributed by atoms with E-state index in [1.165, 1.54) is 44.1 Å². The second-order valence-electron chi connectivity index (χ2n) is 11.6. The largest absolute Gasteiger partial charge is 0.361 e. The summed E-state index contributed by atoms with van der Waals surface area (Å²) in [6.07, 6.45) is 9.76. The van der Waals surface area contributed by atoms with Crippen molar-refractivity contribution in [2.45, 2.75) is 70.6 Å². The van der Waals surface area contributed by atoms with Gasteiger partial charge in [0.15, 0.2) is 5.11 Å². The van der Waals surface area contributed by atoms with Gasteiger partial charge in [-0.1, -0.05) is 50.4 Å². The van der Waals surface area contributed by atoms with E-state index in [1.54, 1.807) is 0 Å². The summed E-state index contributed by atoms with van der Waals surface area (Å²) in [7, 11) is 0. The molecule has 0 amide bonds. The third kappa shape index (κ3) is 6.48. The molecule has 3 aliphatic rings. The van der Waals surface area contributed by atoms with Crippen LogP contribution in [-0.2, 0) is 5.41 Å². The molecule has 5 rings (SSSR count). The van der Waals surface area contributed by atoms with Crippen LogP contribution < -0.4 is 20.4 Å². The third-order valence-electron chi connectivity index (χ3n) is 8.49. The lowest BCUT2D eigenvalue weighted by Crippen LogP contribution is -2.41. The number of nitrogens with zero attached hydrogens (tertiary/aromatic N) is 4. The fourth-order valence-electron chi connectivity index (χ4n) is 6.41. The van der Waals surface area contributed by atoms with Crippen molar-refractivity contribution in [3.8, 4) is 0 Å². The van der Waals surface area contributed by atoms with Crippen LogP contribution in [0.2, 0.25) is 5.02 Å². The van der Waals surface area contributed by atoms with E-state index in [2.05, 4.69) is 52.5 Å². The highest BCUT2D eigenvalue weighted by Gasteiger charge is 2.35. The van der Waals surface area contributed by atoms with Crippen molar-refractivity contribution in [1.29, 1.82) is 0 Å². The van der Waals surface area contributed by atoms with E-state index < -0.39 is 0 Å². The number of nitrogens with one attached hydrogen (secondary N) is 2. The van der Waals surface area contributed by atoms with Gasteiger partial charge in [-0.3, -0.25) is 0 Å².